The minimum absolute atomic E-state index is 0.817. The number of nitrogens with zero attached hydrogens (tertiary/aromatic N) is 1. The normalized spacial score (nSPS) is 13.8. The molecule has 0 atom stereocenters. The van der Waals surface area contributed by atoms with Crippen molar-refractivity contribution in [2.75, 3.05) is 27.3 Å². The van der Waals surface area contributed by atoms with Crippen molar-refractivity contribution >= 4 is 0 Å². The predicted octanol–water partition coefficient (Wildman–Crippen LogP) is 4.97. The average molecular weight is 373 g/mol. The topological polar surface area (TPSA) is 21.7 Å². The first kappa shape index (κ1) is 18.6. The second-order valence-electron chi connectivity index (χ2n) is 7.25. The summed E-state index contributed by atoms with van der Waals surface area (Å²) in [4.78, 5) is 2.55. The summed E-state index contributed by atoms with van der Waals surface area (Å²) in [5.41, 5.74) is 6.47. The first-order valence-electron chi connectivity index (χ1n) is 9.88. The van der Waals surface area contributed by atoms with E-state index in [0.717, 1.165) is 44.0 Å². The van der Waals surface area contributed by atoms with Crippen LogP contribution in [0.4, 0.5) is 0 Å². The smallest absolute Gasteiger partial charge is 0.168 e. The molecule has 1 aliphatic rings. The molecule has 3 nitrogen and oxygen atoms in total. The van der Waals surface area contributed by atoms with Gasteiger partial charge in [0.05, 0.1) is 14.2 Å². The summed E-state index contributed by atoms with van der Waals surface area (Å²) in [5.74, 6) is 1.65. The van der Waals surface area contributed by atoms with Crippen LogP contribution in [0, 0.1) is 0 Å². The van der Waals surface area contributed by atoms with Crippen LogP contribution in [-0.2, 0) is 19.4 Å². The quantitative estimate of drug-likeness (QED) is 0.609. The summed E-state index contributed by atoms with van der Waals surface area (Å²) in [7, 11) is 3.45. The Hall–Kier alpha value is -2.78. The molecule has 0 radical (unpaired) electrons. The zero-order chi connectivity index (χ0) is 19.3. The maximum absolute atomic E-state index is 5.81. The van der Waals surface area contributed by atoms with Crippen LogP contribution in [0.2, 0.25) is 0 Å². The van der Waals surface area contributed by atoms with Crippen LogP contribution in [0.25, 0.3) is 11.1 Å². The van der Waals surface area contributed by atoms with Crippen molar-refractivity contribution in [3.8, 4) is 22.6 Å². The van der Waals surface area contributed by atoms with Crippen molar-refractivity contribution in [2.24, 2.45) is 0 Å². The van der Waals surface area contributed by atoms with E-state index in [1.165, 1.54) is 27.8 Å². The molecule has 0 amide bonds. The van der Waals surface area contributed by atoms with Gasteiger partial charge in [0.15, 0.2) is 11.5 Å². The second-order valence-corrected chi connectivity index (χ2v) is 7.25. The van der Waals surface area contributed by atoms with Crippen LogP contribution < -0.4 is 9.47 Å². The van der Waals surface area contributed by atoms with Gasteiger partial charge in [-0.25, -0.2) is 0 Å². The number of methoxy groups -OCH3 is 2. The van der Waals surface area contributed by atoms with Crippen molar-refractivity contribution in [2.45, 2.75) is 19.4 Å². The third kappa shape index (κ3) is 3.76. The largest absolute Gasteiger partial charge is 0.493 e. The first-order chi connectivity index (χ1) is 13.8. The molecule has 0 spiro atoms. The summed E-state index contributed by atoms with van der Waals surface area (Å²) in [5, 5.41) is 0. The Balaban J connectivity index is 1.67. The fraction of sp³-hybridized carbons (Fsp3) is 0.280. The van der Waals surface area contributed by atoms with Crippen molar-refractivity contribution in [3.63, 3.8) is 0 Å². The lowest BCUT2D eigenvalue weighted by Gasteiger charge is -2.32. The summed E-state index contributed by atoms with van der Waals surface area (Å²) >= 11 is 0. The molecule has 1 heterocycles. The molecular formula is C25H27NO2. The zero-order valence-electron chi connectivity index (χ0n) is 16.7. The van der Waals surface area contributed by atoms with Crippen LogP contribution in [-0.4, -0.2) is 32.2 Å². The lowest BCUT2D eigenvalue weighted by atomic mass is 9.89. The molecule has 0 saturated carbocycles. The first-order valence-corrected chi connectivity index (χ1v) is 9.88. The molecule has 1 aliphatic heterocycles. The number of hydrogen-bond donors (Lipinski definition) is 0. The highest BCUT2D eigenvalue weighted by atomic mass is 16.5. The van der Waals surface area contributed by atoms with Crippen molar-refractivity contribution < 1.29 is 9.47 Å². The van der Waals surface area contributed by atoms with Gasteiger partial charge in [-0.05, 0) is 41.2 Å². The Morgan fingerprint density at radius 2 is 1.61 bits per heavy atom. The van der Waals surface area contributed by atoms with Crippen molar-refractivity contribution in [1.29, 1.82) is 0 Å². The highest BCUT2D eigenvalue weighted by Gasteiger charge is 2.25. The van der Waals surface area contributed by atoms with Gasteiger partial charge in [-0.1, -0.05) is 60.7 Å². The lowest BCUT2D eigenvalue weighted by molar-refractivity contribution is 0.256. The maximum atomic E-state index is 5.81. The van der Waals surface area contributed by atoms with Gasteiger partial charge >= 0.3 is 0 Å². The standard InChI is InChI=1S/C25H27NO2/c1-27-23-17-21-14-16-26(15-13-19-9-5-3-6-10-19)18-22(21)24(25(23)28-2)20-11-7-4-8-12-20/h3-12,17H,13-16,18H2,1-2H3. The van der Waals surface area contributed by atoms with E-state index in [9.17, 15) is 0 Å². The van der Waals surface area contributed by atoms with E-state index < -0.39 is 0 Å². The van der Waals surface area contributed by atoms with Crippen LogP contribution in [0.3, 0.4) is 0 Å². The molecule has 3 aromatic rings. The van der Waals surface area contributed by atoms with Gasteiger partial charge in [0, 0.05) is 25.2 Å². The number of fused-ring (bicyclic) bond motifs is 1. The Kier molecular flexibility index (Phi) is 5.63. The van der Waals surface area contributed by atoms with E-state index in [4.69, 9.17) is 9.47 Å². The van der Waals surface area contributed by atoms with Crippen LogP contribution >= 0.6 is 0 Å². The molecule has 0 saturated heterocycles. The van der Waals surface area contributed by atoms with Crippen molar-refractivity contribution in [1.82, 2.24) is 4.90 Å². The Morgan fingerprint density at radius 1 is 0.893 bits per heavy atom. The third-order valence-electron chi connectivity index (χ3n) is 5.57. The summed E-state index contributed by atoms with van der Waals surface area (Å²) in [6.45, 7) is 3.07. The number of ether oxygens (including phenoxy) is 2. The van der Waals surface area contributed by atoms with E-state index in [1.807, 2.05) is 0 Å². The molecule has 0 N–H and O–H groups in total. The molecule has 0 unspecified atom stereocenters. The third-order valence-corrected chi connectivity index (χ3v) is 5.57. The fourth-order valence-corrected chi connectivity index (χ4v) is 4.10. The fourth-order valence-electron chi connectivity index (χ4n) is 4.10. The molecule has 0 fully saturated rings. The molecule has 3 aromatic carbocycles. The molecule has 0 bridgehead atoms. The monoisotopic (exact) mass is 373 g/mol. The summed E-state index contributed by atoms with van der Waals surface area (Å²) < 4.78 is 11.5. The lowest BCUT2D eigenvalue weighted by Crippen LogP contribution is -2.32. The second kappa shape index (κ2) is 8.49. The molecule has 0 aliphatic carbocycles. The van der Waals surface area contributed by atoms with Crippen molar-refractivity contribution in [3.05, 3.63) is 83.4 Å². The van der Waals surface area contributed by atoms with E-state index in [2.05, 4.69) is 71.6 Å². The minimum Gasteiger partial charge on any atom is -0.493 e. The highest BCUT2D eigenvalue weighted by molar-refractivity contribution is 5.79. The average Bonchev–Trinajstić information content (AvgIpc) is 2.77. The molecule has 144 valence electrons. The number of benzene rings is 3. The predicted molar refractivity (Wildman–Crippen MR) is 114 cm³/mol. The molecular weight excluding hydrogens is 346 g/mol. The minimum atomic E-state index is 0.817. The Bertz CT molecular complexity index is 922. The highest BCUT2D eigenvalue weighted by Crippen LogP contribution is 2.44. The number of hydrogen-bond acceptors (Lipinski definition) is 3. The molecule has 28 heavy (non-hydrogen) atoms. The van der Waals surface area contributed by atoms with Crippen LogP contribution in [0.5, 0.6) is 11.5 Å². The van der Waals surface area contributed by atoms with Gasteiger partial charge in [-0.2, -0.15) is 0 Å². The van der Waals surface area contributed by atoms with Crippen LogP contribution in [0.15, 0.2) is 66.7 Å². The zero-order valence-corrected chi connectivity index (χ0v) is 16.7. The van der Waals surface area contributed by atoms with Gasteiger partial charge in [0.2, 0.25) is 0 Å². The SMILES string of the molecule is COc1cc2c(c(-c3ccccc3)c1OC)CN(CCc1ccccc1)CC2. The summed E-state index contributed by atoms with van der Waals surface area (Å²) in [6.07, 6.45) is 2.11. The molecule has 3 heteroatoms. The Morgan fingerprint density at radius 3 is 2.29 bits per heavy atom. The summed E-state index contributed by atoms with van der Waals surface area (Å²) in [6, 6.07) is 23.4. The van der Waals surface area contributed by atoms with E-state index in [1.54, 1.807) is 14.2 Å². The Labute approximate surface area is 167 Å². The van der Waals surface area contributed by atoms with E-state index in [0.29, 0.717) is 0 Å². The van der Waals surface area contributed by atoms with Crippen LogP contribution in [0.1, 0.15) is 16.7 Å². The van der Waals surface area contributed by atoms with Gasteiger partial charge in [0.25, 0.3) is 0 Å². The number of rotatable bonds is 6. The van der Waals surface area contributed by atoms with Gasteiger partial charge in [-0.3, -0.25) is 4.90 Å². The van der Waals surface area contributed by atoms with Gasteiger partial charge < -0.3 is 9.47 Å². The molecule has 4 rings (SSSR count). The maximum Gasteiger partial charge on any atom is 0.168 e. The molecule has 0 aromatic heterocycles. The van der Waals surface area contributed by atoms with E-state index >= 15 is 0 Å². The van der Waals surface area contributed by atoms with E-state index in [-0.39, 0.29) is 0 Å². The van der Waals surface area contributed by atoms with Gasteiger partial charge in [0.1, 0.15) is 0 Å². The van der Waals surface area contributed by atoms with Gasteiger partial charge in [-0.15, -0.1) is 0 Å².